The van der Waals surface area contributed by atoms with Gasteiger partial charge in [-0.3, -0.25) is 0 Å². The molecular weight excluding hydrogens is 280 g/mol. The molecule has 0 heterocycles. The largest absolute Gasteiger partial charge is 0.223 e. The highest BCUT2D eigenvalue weighted by atomic mass is 32.2. The van der Waals surface area contributed by atoms with E-state index in [-0.39, 0.29) is 5.75 Å². The maximum Gasteiger partial charge on any atom is 0.181 e. The Kier molecular flexibility index (Phi) is 4.97. The molecule has 3 heteroatoms. The average molecular weight is 300 g/mol. The minimum absolute atomic E-state index is 0.0503. The van der Waals surface area contributed by atoms with Crippen LogP contribution in [0.5, 0.6) is 0 Å². The Morgan fingerprint density at radius 1 is 1.00 bits per heavy atom. The van der Waals surface area contributed by atoms with Gasteiger partial charge < -0.3 is 0 Å². The summed E-state index contributed by atoms with van der Waals surface area (Å²) in [4.78, 5) is 0.386. The van der Waals surface area contributed by atoms with Crippen molar-refractivity contribution >= 4 is 9.84 Å². The zero-order chi connectivity index (χ0) is 15.3. The molecule has 0 radical (unpaired) electrons. The maximum absolute atomic E-state index is 12.3. The predicted octanol–water partition coefficient (Wildman–Crippen LogP) is 3.96. The van der Waals surface area contributed by atoms with E-state index in [2.05, 4.69) is 0 Å². The molecule has 0 aromatic heterocycles. The van der Waals surface area contributed by atoms with E-state index in [4.69, 9.17) is 0 Å². The molecular formula is C18H20O2S. The van der Waals surface area contributed by atoms with Crippen molar-refractivity contribution in [3.8, 4) is 0 Å². The molecule has 0 saturated carbocycles. The number of sulfone groups is 1. The number of allylic oxidation sites excluding steroid dienone is 1. The summed E-state index contributed by atoms with van der Waals surface area (Å²) in [6.07, 6.45) is 2.59. The molecule has 0 fully saturated rings. The fourth-order valence-electron chi connectivity index (χ4n) is 2.08. The quantitative estimate of drug-likeness (QED) is 0.783. The second kappa shape index (κ2) is 6.72. The molecule has 0 aliphatic carbocycles. The standard InChI is InChI=1S/C18H20O2S/c1-15-8-10-18(11-9-15)21(19,20)13-12-16(2)14-17-6-4-3-5-7-17/h3-12H,13-14H2,1-2H3/b16-12-. The monoisotopic (exact) mass is 300 g/mol. The first-order chi connectivity index (χ1) is 9.97. The van der Waals surface area contributed by atoms with Gasteiger partial charge in [-0.05, 0) is 38.0 Å². The summed E-state index contributed by atoms with van der Waals surface area (Å²) in [5.41, 5.74) is 3.32. The van der Waals surface area contributed by atoms with E-state index in [1.165, 1.54) is 5.56 Å². The van der Waals surface area contributed by atoms with E-state index in [0.29, 0.717) is 4.90 Å². The minimum Gasteiger partial charge on any atom is -0.223 e. The first kappa shape index (κ1) is 15.5. The Hall–Kier alpha value is -1.87. The highest BCUT2D eigenvalue weighted by Crippen LogP contribution is 2.14. The Morgan fingerprint density at radius 3 is 2.24 bits per heavy atom. The lowest BCUT2D eigenvalue weighted by Crippen LogP contribution is -2.05. The van der Waals surface area contributed by atoms with Gasteiger partial charge in [0.15, 0.2) is 9.84 Å². The van der Waals surface area contributed by atoms with Gasteiger partial charge in [-0.2, -0.15) is 0 Å². The molecule has 0 N–H and O–H groups in total. The number of aryl methyl sites for hydroxylation is 1. The summed E-state index contributed by atoms with van der Waals surface area (Å²) in [6, 6.07) is 17.1. The molecule has 0 spiro atoms. The van der Waals surface area contributed by atoms with Crippen molar-refractivity contribution in [2.45, 2.75) is 25.2 Å². The van der Waals surface area contributed by atoms with Crippen LogP contribution in [0.15, 0.2) is 71.1 Å². The molecule has 2 aromatic carbocycles. The van der Waals surface area contributed by atoms with Gasteiger partial charge in [-0.25, -0.2) is 8.42 Å². The normalized spacial score (nSPS) is 12.4. The molecule has 0 atom stereocenters. The van der Waals surface area contributed by atoms with Crippen molar-refractivity contribution in [2.24, 2.45) is 0 Å². The smallest absolute Gasteiger partial charge is 0.181 e. The van der Waals surface area contributed by atoms with Gasteiger partial charge in [-0.15, -0.1) is 0 Å². The van der Waals surface area contributed by atoms with Crippen molar-refractivity contribution in [1.29, 1.82) is 0 Å². The predicted molar refractivity (Wildman–Crippen MR) is 87.1 cm³/mol. The molecule has 2 nitrogen and oxygen atoms in total. The van der Waals surface area contributed by atoms with Crippen LogP contribution in [0, 0.1) is 6.92 Å². The molecule has 0 amide bonds. The molecule has 0 aliphatic heterocycles. The van der Waals surface area contributed by atoms with Crippen molar-refractivity contribution < 1.29 is 8.42 Å². The minimum atomic E-state index is -3.24. The summed E-state index contributed by atoms with van der Waals surface area (Å²) in [6.45, 7) is 3.91. The third kappa shape index (κ3) is 4.57. The third-order valence-corrected chi connectivity index (χ3v) is 4.95. The SMILES string of the molecule is C/C(=C/CS(=O)(=O)c1ccc(C)cc1)Cc1ccccc1. The molecule has 2 aromatic rings. The lowest BCUT2D eigenvalue weighted by Gasteiger charge is -2.04. The fourth-order valence-corrected chi connectivity index (χ4v) is 3.33. The van der Waals surface area contributed by atoms with E-state index in [1.807, 2.05) is 62.4 Å². The highest BCUT2D eigenvalue weighted by Gasteiger charge is 2.12. The number of hydrogen-bond donors (Lipinski definition) is 0. The summed E-state index contributed by atoms with van der Waals surface area (Å²) in [7, 11) is -3.24. The Balaban J connectivity index is 2.06. The van der Waals surface area contributed by atoms with Crippen molar-refractivity contribution in [1.82, 2.24) is 0 Å². The Bertz CT molecular complexity index is 712. The summed E-state index contributed by atoms with van der Waals surface area (Å²) in [5, 5.41) is 0. The van der Waals surface area contributed by atoms with Crippen molar-refractivity contribution in [3.05, 3.63) is 77.4 Å². The van der Waals surface area contributed by atoms with Crippen molar-refractivity contribution in [3.63, 3.8) is 0 Å². The lowest BCUT2D eigenvalue weighted by atomic mass is 10.1. The van der Waals surface area contributed by atoms with E-state index in [9.17, 15) is 8.42 Å². The van der Waals surface area contributed by atoms with Gasteiger partial charge in [0.05, 0.1) is 10.6 Å². The van der Waals surface area contributed by atoms with Crippen LogP contribution in [0.3, 0.4) is 0 Å². The van der Waals surface area contributed by atoms with Crippen LogP contribution in [0.1, 0.15) is 18.1 Å². The first-order valence-corrected chi connectivity index (χ1v) is 8.61. The molecule has 0 bridgehead atoms. The van der Waals surface area contributed by atoms with E-state index in [1.54, 1.807) is 12.1 Å². The maximum atomic E-state index is 12.3. The molecule has 110 valence electrons. The zero-order valence-electron chi connectivity index (χ0n) is 12.4. The van der Waals surface area contributed by atoms with Gasteiger partial charge in [0.2, 0.25) is 0 Å². The van der Waals surface area contributed by atoms with Gasteiger partial charge in [-0.1, -0.05) is 59.7 Å². The molecule has 0 unspecified atom stereocenters. The van der Waals surface area contributed by atoms with Gasteiger partial charge in [0.1, 0.15) is 0 Å². The zero-order valence-corrected chi connectivity index (χ0v) is 13.2. The van der Waals surface area contributed by atoms with Gasteiger partial charge >= 0.3 is 0 Å². The Morgan fingerprint density at radius 2 is 1.62 bits per heavy atom. The number of benzene rings is 2. The average Bonchev–Trinajstić information content (AvgIpc) is 2.47. The summed E-state index contributed by atoms with van der Waals surface area (Å²) in [5.74, 6) is 0.0503. The fraction of sp³-hybridized carbons (Fsp3) is 0.222. The second-order valence-corrected chi connectivity index (χ2v) is 7.34. The number of rotatable bonds is 5. The van der Waals surface area contributed by atoms with Crippen LogP contribution in [-0.2, 0) is 16.3 Å². The molecule has 21 heavy (non-hydrogen) atoms. The topological polar surface area (TPSA) is 34.1 Å². The highest BCUT2D eigenvalue weighted by molar-refractivity contribution is 7.91. The van der Waals surface area contributed by atoms with Crippen LogP contribution in [0.25, 0.3) is 0 Å². The summed E-state index contributed by atoms with van der Waals surface area (Å²) >= 11 is 0. The van der Waals surface area contributed by atoms with Crippen LogP contribution in [-0.4, -0.2) is 14.2 Å². The van der Waals surface area contributed by atoms with Crippen LogP contribution in [0.2, 0.25) is 0 Å². The van der Waals surface area contributed by atoms with Gasteiger partial charge in [0, 0.05) is 0 Å². The van der Waals surface area contributed by atoms with Crippen LogP contribution >= 0.6 is 0 Å². The lowest BCUT2D eigenvalue weighted by molar-refractivity contribution is 0.599. The van der Waals surface area contributed by atoms with E-state index < -0.39 is 9.84 Å². The van der Waals surface area contributed by atoms with Crippen molar-refractivity contribution in [2.75, 3.05) is 5.75 Å². The third-order valence-electron chi connectivity index (χ3n) is 3.36. The van der Waals surface area contributed by atoms with Gasteiger partial charge in [0.25, 0.3) is 0 Å². The van der Waals surface area contributed by atoms with Crippen LogP contribution in [0.4, 0.5) is 0 Å². The summed E-state index contributed by atoms with van der Waals surface area (Å²) < 4.78 is 24.5. The van der Waals surface area contributed by atoms with E-state index in [0.717, 1.165) is 17.6 Å². The Labute approximate surface area is 127 Å². The second-order valence-electron chi connectivity index (χ2n) is 5.31. The first-order valence-electron chi connectivity index (χ1n) is 6.96. The number of hydrogen-bond acceptors (Lipinski definition) is 2. The molecule has 0 saturated heterocycles. The molecule has 2 rings (SSSR count). The molecule has 0 aliphatic rings. The van der Waals surface area contributed by atoms with Crippen LogP contribution < -0.4 is 0 Å². The van der Waals surface area contributed by atoms with E-state index >= 15 is 0 Å².